The molecule has 3 aromatic rings. The van der Waals surface area contributed by atoms with Gasteiger partial charge in [-0.25, -0.2) is 9.78 Å². The van der Waals surface area contributed by atoms with Crippen LogP contribution < -0.4 is 15.2 Å². The molecule has 0 atom stereocenters. The van der Waals surface area contributed by atoms with Crippen LogP contribution in [0.15, 0.2) is 36.4 Å². The van der Waals surface area contributed by atoms with Crippen molar-refractivity contribution in [3.05, 3.63) is 47.8 Å². The standard InChI is InChI=1S/C31H42N4O4/c1-31(2,3)35(19-21-17-24(13-15-26(21)32)38-22-9-5-6-10-22)30(36)37-20-29-33-27-16-14-25(18-28(27)34(29)4)39-23-11-7-8-12-23/h13-18,22-23H,5-12,19-20,32H2,1-4H3. The van der Waals surface area contributed by atoms with E-state index in [1.165, 1.54) is 25.7 Å². The number of aryl methyl sites for hydroxylation is 1. The maximum Gasteiger partial charge on any atom is 0.410 e. The van der Waals surface area contributed by atoms with Gasteiger partial charge >= 0.3 is 6.09 Å². The van der Waals surface area contributed by atoms with E-state index in [1.807, 2.05) is 68.8 Å². The second kappa shape index (κ2) is 11.4. The summed E-state index contributed by atoms with van der Waals surface area (Å²) in [5.41, 5.74) is 9.11. The summed E-state index contributed by atoms with van der Waals surface area (Å²) in [4.78, 5) is 19.8. The summed E-state index contributed by atoms with van der Waals surface area (Å²) < 4.78 is 20.1. The molecule has 2 aliphatic rings. The first-order valence-electron chi connectivity index (χ1n) is 14.3. The molecule has 0 saturated heterocycles. The molecule has 1 heterocycles. The number of nitrogen functional groups attached to an aromatic ring is 1. The number of aromatic nitrogens is 2. The zero-order chi connectivity index (χ0) is 27.6. The van der Waals surface area contributed by atoms with E-state index in [0.717, 1.165) is 53.8 Å². The first-order valence-corrected chi connectivity index (χ1v) is 14.3. The van der Waals surface area contributed by atoms with Crippen LogP contribution >= 0.6 is 0 Å². The Hall–Kier alpha value is -3.42. The number of anilines is 1. The molecule has 1 aromatic heterocycles. The molecule has 0 unspecified atom stereocenters. The first-order chi connectivity index (χ1) is 18.7. The lowest BCUT2D eigenvalue weighted by molar-refractivity contribution is 0.0568. The van der Waals surface area contributed by atoms with E-state index in [2.05, 4.69) is 0 Å². The van der Waals surface area contributed by atoms with Crippen molar-refractivity contribution < 1.29 is 19.0 Å². The number of nitrogens with two attached hydrogens (primary N) is 1. The Bertz CT molecular complexity index is 1300. The molecule has 1 amide bonds. The summed E-state index contributed by atoms with van der Waals surface area (Å²) >= 11 is 0. The number of nitrogens with zero attached hydrogens (tertiary/aromatic N) is 3. The third kappa shape index (κ3) is 6.43. The summed E-state index contributed by atoms with van der Waals surface area (Å²) in [6, 6.07) is 11.7. The van der Waals surface area contributed by atoms with E-state index in [9.17, 15) is 4.79 Å². The molecule has 8 nitrogen and oxygen atoms in total. The fourth-order valence-electron chi connectivity index (χ4n) is 5.56. The van der Waals surface area contributed by atoms with E-state index in [0.29, 0.717) is 24.2 Å². The lowest BCUT2D eigenvalue weighted by atomic mass is 10.0. The fraction of sp³-hybridized carbons (Fsp3) is 0.548. The van der Waals surface area contributed by atoms with Crippen molar-refractivity contribution in [1.29, 1.82) is 0 Å². The van der Waals surface area contributed by atoms with Crippen LogP contribution in [0.4, 0.5) is 10.5 Å². The lowest BCUT2D eigenvalue weighted by Gasteiger charge is -2.35. The molecule has 210 valence electrons. The molecule has 0 spiro atoms. The highest BCUT2D eigenvalue weighted by Crippen LogP contribution is 2.30. The topological polar surface area (TPSA) is 91.8 Å². The minimum Gasteiger partial charge on any atom is -0.490 e. The SMILES string of the molecule is Cn1c(COC(=O)N(Cc2cc(OC3CCCC3)ccc2N)C(C)(C)C)nc2ccc(OC3CCCC3)cc21. The smallest absolute Gasteiger partial charge is 0.410 e. The van der Waals surface area contributed by atoms with Gasteiger partial charge in [-0.05, 0) is 108 Å². The third-order valence-corrected chi connectivity index (χ3v) is 7.95. The average molecular weight is 535 g/mol. The molecule has 8 heteroatoms. The normalized spacial score (nSPS) is 16.6. The van der Waals surface area contributed by atoms with Crippen LogP contribution in [-0.4, -0.2) is 38.3 Å². The number of imidazole rings is 1. The molecule has 5 rings (SSSR count). The highest BCUT2D eigenvalue weighted by Gasteiger charge is 2.29. The van der Waals surface area contributed by atoms with Gasteiger partial charge in [0, 0.05) is 24.3 Å². The number of hydrogen-bond acceptors (Lipinski definition) is 6. The van der Waals surface area contributed by atoms with Gasteiger partial charge in [-0.2, -0.15) is 0 Å². The Balaban J connectivity index is 1.27. The number of ether oxygens (including phenoxy) is 3. The second-order valence-corrected chi connectivity index (χ2v) is 12.0. The van der Waals surface area contributed by atoms with Gasteiger partial charge in [0.2, 0.25) is 0 Å². The van der Waals surface area contributed by atoms with E-state index in [1.54, 1.807) is 4.90 Å². The average Bonchev–Trinajstić information content (AvgIpc) is 3.65. The first kappa shape index (κ1) is 27.2. The van der Waals surface area contributed by atoms with Crippen LogP contribution in [0.3, 0.4) is 0 Å². The van der Waals surface area contributed by atoms with Crippen molar-refractivity contribution in [3.8, 4) is 11.5 Å². The Morgan fingerprint density at radius 2 is 1.56 bits per heavy atom. The van der Waals surface area contributed by atoms with Gasteiger partial charge in [0.15, 0.2) is 6.61 Å². The molecule has 2 N–H and O–H groups in total. The number of amides is 1. The number of carbonyl (C=O) groups excluding carboxylic acids is 1. The van der Waals surface area contributed by atoms with Gasteiger partial charge in [-0.15, -0.1) is 0 Å². The molecule has 2 fully saturated rings. The lowest BCUT2D eigenvalue weighted by Crippen LogP contribution is -2.45. The predicted octanol–water partition coefficient (Wildman–Crippen LogP) is 6.74. The van der Waals surface area contributed by atoms with E-state index < -0.39 is 11.6 Å². The second-order valence-electron chi connectivity index (χ2n) is 12.0. The fourth-order valence-corrected chi connectivity index (χ4v) is 5.56. The van der Waals surface area contributed by atoms with Gasteiger partial charge in [0.25, 0.3) is 0 Å². The monoisotopic (exact) mass is 534 g/mol. The number of carbonyl (C=O) groups is 1. The van der Waals surface area contributed by atoms with Crippen LogP contribution in [-0.2, 0) is 24.9 Å². The van der Waals surface area contributed by atoms with Crippen LogP contribution in [0.2, 0.25) is 0 Å². The Morgan fingerprint density at radius 3 is 2.18 bits per heavy atom. The van der Waals surface area contributed by atoms with Gasteiger partial charge in [0.1, 0.15) is 17.3 Å². The minimum atomic E-state index is -0.481. The number of rotatable bonds is 8. The minimum absolute atomic E-state index is 0.0652. The maximum atomic E-state index is 13.4. The summed E-state index contributed by atoms with van der Waals surface area (Å²) in [6.07, 6.45) is 9.38. The Kier molecular flexibility index (Phi) is 7.91. The van der Waals surface area contributed by atoms with Crippen LogP contribution in [0, 0.1) is 0 Å². The van der Waals surface area contributed by atoms with Gasteiger partial charge in [-0.1, -0.05) is 0 Å². The summed E-state index contributed by atoms with van der Waals surface area (Å²) in [5, 5.41) is 0. The van der Waals surface area contributed by atoms with Crippen molar-refractivity contribution in [3.63, 3.8) is 0 Å². The molecule has 0 radical (unpaired) electrons. The van der Waals surface area contributed by atoms with Crippen molar-refractivity contribution in [1.82, 2.24) is 14.5 Å². The van der Waals surface area contributed by atoms with Crippen molar-refractivity contribution in [2.45, 2.75) is 103 Å². The predicted molar refractivity (Wildman–Crippen MR) is 153 cm³/mol. The van der Waals surface area contributed by atoms with E-state index in [-0.39, 0.29) is 12.7 Å². The molecule has 39 heavy (non-hydrogen) atoms. The van der Waals surface area contributed by atoms with E-state index in [4.69, 9.17) is 24.9 Å². The van der Waals surface area contributed by atoms with E-state index >= 15 is 0 Å². The van der Waals surface area contributed by atoms with Gasteiger partial charge in [0.05, 0.1) is 29.8 Å². The quantitative estimate of drug-likeness (QED) is 0.322. The maximum absolute atomic E-state index is 13.4. The molecular formula is C31H42N4O4. The Morgan fingerprint density at radius 1 is 0.974 bits per heavy atom. The third-order valence-electron chi connectivity index (χ3n) is 7.95. The number of hydrogen-bond donors (Lipinski definition) is 1. The molecule has 2 aliphatic carbocycles. The highest BCUT2D eigenvalue weighted by molar-refractivity contribution is 5.78. The highest BCUT2D eigenvalue weighted by atomic mass is 16.6. The van der Waals surface area contributed by atoms with Gasteiger partial charge in [-0.3, -0.25) is 4.90 Å². The largest absolute Gasteiger partial charge is 0.490 e. The molecule has 2 saturated carbocycles. The number of benzene rings is 2. The number of fused-ring (bicyclic) bond motifs is 1. The molecule has 2 aromatic carbocycles. The molecular weight excluding hydrogens is 492 g/mol. The van der Waals surface area contributed by atoms with Crippen molar-refractivity contribution >= 4 is 22.8 Å². The molecule has 0 aliphatic heterocycles. The summed E-state index contributed by atoms with van der Waals surface area (Å²) in [5.74, 6) is 2.33. The molecule has 0 bridgehead atoms. The zero-order valence-electron chi connectivity index (χ0n) is 23.7. The van der Waals surface area contributed by atoms with Crippen LogP contribution in [0.1, 0.15) is 83.5 Å². The van der Waals surface area contributed by atoms with Crippen molar-refractivity contribution in [2.24, 2.45) is 7.05 Å². The summed E-state index contributed by atoms with van der Waals surface area (Å²) in [7, 11) is 1.94. The van der Waals surface area contributed by atoms with Crippen LogP contribution in [0.25, 0.3) is 11.0 Å². The van der Waals surface area contributed by atoms with Crippen LogP contribution in [0.5, 0.6) is 11.5 Å². The zero-order valence-corrected chi connectivity index (χ0v) is 23.7. The van der Waals surface area contributed by atoms with Gasteiger partial charge < -0.3 is 24.5 Å². The Labute approximate surface area is 231 Å². The van der Waals surface area contributed by atoms with Crippen molar-refractivity contribution in [2.75, 3.05) is 5.73 Å². The summed E-state index contributed by atoms with van der Waals surface area (Å²) in [6.45, 7) is 6.36.